The fraction of sp³-hybridized carbons (Fsp3) is 0.0600. The number of para-hydroxylation sites is 3. The maximum Gasteiger partial charge on any atom is 0.138 e. The Hall–Kier alpha value is -6.95. The maximum absolute atomic E-state index is 6.37. The van der Waals surface area contributed by atoms with Crippen LogP contribution in [-0.2, 0) is 10.4 Å². The molecule has 0 spiro atoms. The topological polar surface area (TPSA) is 33.5 Å². The number of hydrogen-bond acceptors (Lipinski definition) is 4. The number of rotatable bonds is 5. The monoisotopic (exact) mass is 708 g/mol. The predicted octanol–water partition coefficient (Wildman–Crippen LogP) is 12.0. The van der Waals surface area contributed by atoms with Crippen molar-refractivity contribution >= 4 is 38.9 Å². The van der Waals surface area contributed by atoms with Crippen molar-refractivity contribution in [1.29, 1.82) is 0 Å². The second-order valence-electron chi connectivity index (χ2n) is 14.6. The lowest BCUT2D eigenvalue weighted by Gasteiger charge is -2.34. The number of hydrogen-bond donors (Lipinski definition) is 0. The molecule has 9 aromatic rings. The minimum Gasteiger partial charge on any atom is -0.294 e. The zero-order valence-electron chi connectivity index (χ0n) is 30.5. The molecule has 0 saturated heterocycles. The number of benzene rings is 7. The standard InChI is InChI=1S/C50H36N4O/c1-33-14-3-4-17-38(33)34-28-29-51-49(30-34)53-45-23-10-7-20-41(45)42-27-26-36(32-48(42)53)50(43-21-8-5-18-39(43)40-19-6-9-22-44(40)50)35-15-13-16-37(31-35)54-47-25-12-11-24-46(47)52(2)55-54/h3-32H,1-2H3. The van der Waals surface area contributed by atoms with Crippen molar-refractivity contribution in [3.8, 4) is 28.1 Å². The van der Waals surface area contributed by atoms with E-state index in [1.807, 2.05) is 29.4 Å². The highest BCUT2D eigenvalue weighted by Gasteiger charge is 2.46. The fourth-order valence-corrected chi connectivity index (χ4v) is 9.24. The van der Waals surface area contributed by atoms with E-state index >= 15 is 0 Å². The second kappa shape index (κ2) is 12.0. The van der Waals surface area contributed by atoms with E-state index in [2.05, 4.69) is 181 Å². The highest BCUT2D eigenvalue weighted by Crippen LogP contribution is 2.57. The second-order valence-corrected chi connectivity index (χ2v) is 14.6. The van der Waals surface area contributed by atoms with Crippen LogP contribution in [0.5, 0.6) is 0 Å². The molecule has 262 valence electrons. The van der Waals surface area contributed by atoms with Crippen LogP contribution in [0.4, 0.5) is 17.1 Å². The van der Waals surface area contributed by atoms with Gasteiger partial charge in [0.2, 0.25) is 0 Å². The molecule has 0 saturated carbocycles. The molecule has 0 N–H and O–H groups in total. The number of anilines is 3. The Morgan fingerprint density at radius 1 is 0.527 bits per heavy atom. The van der Waals surface area contributed by atoms with Gasteiger partial charge in [-0.1, -0.05) is 127 Å². The van der Waals surface area contributed by atoms with E-state index in [9.17, 15) is 0 Å². The Bertz CT molecular complexity index is 2930. The lowest BCUT2D eigenvalue weighted by atomic mass is 9.67. The van der Waals surface area contributed by atoms with Crippen molar-refractivity contribution in [2.45, 2.75) is 12.3 Å². The molecule has 0 fully saturated rings. The van der Waals surface area contributed by atoms with Crippen molar-refractivity contribution in [2.24, 2.45) is 0 Å². The van der Waals surface area contributed by atoms with Gasteiger partial charge < -0.3 is 0 Å². The summed E-state index contributed by atoms with van der Waals surface area (Å²) >= 11 is 0. The van der Waals surface area contributed by atoms with Crippen LogP contribution in [0.2, 0.25) is 0 Å². The van der Waals surface area contributed by atoms with Gasteiger partial charge in [0.15, 0.2) is 0 Å². The summed E-state index contributed by atoms with van der Waals surface area (Å²) in [6.45, 7) is 2.17. The van der Waals surface area contributed by atoms with Crippen LogP contribution in [0.1, 0.15) is 27.8 Å². The Labute approximate surface area is 319 Å². The Kier molecular flexibility index (Phi) is 6.91. The molecular weight excluding hydrogens is 673 g/mol. The molecule has 0 atom stereocenters. The molecule has 5 nitrogen and oxygen atoms in total. The van der Waals surface area contributed by atoms with Gasteiger partial charge in [0.1, 0.15) is 5.82 Å². The zero-order chi connectivity index (χ0) is 36.7. The van der Waals surface area contributed by atoms with E-state index in [0.717, 1.165) is 39.5 Å². The van der Waals surface area contributed by atoms with Crippen LogP contribution in [0, 0.1) is 6.92 Å². The molecule has 0 unspecified atom stereocenters. The van der Waals surface area contributed by atoms with Gasteiger partial charge in [0.25, 0.3) is 0 Å². The molecule has 2 aliphatic rings. The smallest absolute Gasteiger partial charge is 0.138 e. The van der Waals surface area contributed by atoms with E-state index in [0.29, 0.717) is 0 Å². The molecule has 11 rings (SSSR count). The van der Waals surface area contributed by atoms with Gasteiger partial charge in [-0.3, -0.25) is 4.57 Å². The molecule has 1 aliphatic heterocycles. The predicted molar refractivity (Wildman–Crippen MR) is 224 cm³/mol. The first-order chi connectivity index (χ1) is 27.1. The summed E-state index contributed by atoms with van der Waals surface area (Å²) in [6.07, 6.45) is 1.94. The van der Waals surface area contributed by atoms with Crippen molar-refractivity contribution < 1.29 is 4.94 Å². The summed E-state index contributed by atoms with van der Waals surface area (Å²) < 4.78 is 2.34. The van der Waals surface area contributed by atoms with Gasteiger partial charge in [-0.2, -0.15) is 5.06 Å². The van der Waals surface area contributed by atoms with E-state index in [1.54, 1.807) is 0 Å². The fourth-order valence-electron chi connectivity index (χ4n) is 9.24. The number of fused-ring (bicyclic) bond motifs is 7. The number of pyridine rings is 1. The third kappa shape index (κ3) is 4.54. The molecule has 1 aliphatic carbocycles. The van der Waals surface area contributed by atoms with E-state index in [1.165, 1.54) is 55.3 Å². The van der Waals surface area contributed by atoms with E-state index in [4.69, 9.17) is 9.92 Å². The summed E-state index contributed by atoms with van der Waals surface area (Å²) in [5.41, 5.74) is 15.6. The van der Waals surface area contributed by atoms with Crippen LogP contribution in [0.25, 0.3) is 49.9 Å². The summed E-state index contributed by atoms with van der Waals surface area (Å²) in [5, 5.41) is 6.15. The molecule has 55 heavy (non-hydrogen) atoms. The first kappa shape index (κ1) is 31.6. The van der Waals surface area contributed by atoms with Gasteiger partial charge >= 0.3 is 0 Å². The van der Waals surface area contributed by atoms with Crippen LogP contribution in [-0.4, -0.2) is 16.6 Å². The summed E-state index contributed by atoms with van der Waals surface area (Å²) in [5.74, 6) is 0.890. The third-order valence-corrected chi connectivity index (χ3v) is 11.6. The molecular formula is C50H36N4O. The van der Waals surface area contributed by atoms with E-state index < -0.39 is 5.41 Å². The first-order valence-corrected chi connectivity index (χ1v) is 18.8. The minimum absolute atomic E-state index is 0.625. The molecule has 0 amide bonds. The summed E-state index contributed by atoms with van der Waals surface area (Å²) in [6, 6.07) is 63.7. The summed E-state index contributed by atoms with van der Waals surface area (Å²) in [4.78, 5) is 11.4. The van der Waals surface area contributed by atoms with Crippen LogP contribution in [0.3, 0.4) is 0 Å². The lowest BCUT2D eigenvalue weighted by Crippen LogP contribution is -2.29. The van der Waals surface area contributed by atoms with Gasteiger partial charge in [-0.05, 0) is 106 Å². The highest BCUT2D eigenvalue weighted by molar-refractivity contribution is 6.09. The largest absolute Gasteiger partial charge is 0.294 e. The van der Waals surface area contributed by atoms with Crippen LogP contribution in [0.15, 0.2) is 182 Å². The summed E-state index contributed by atoms with van der Waals surface area (Å²) in [7, 11) is 1.95. The quantitative estimate of drug-likeness (QED) is 0.178. The normalized spacial score (nSPS) is 14.0. The zero-order valence-corrected chi connectivity index (χ0v) is 30.5. The van der Waals surface area contributed by atoms with Crippen LogP contribution >= 0.6 is 0 Å². The van der Waals surface area contributed by atoms with Gasteiger partial charge in [0.05, 0.1) is 33.5 Å². The highest BCUT2D eigenvalue weighted by atomic mass is 16.8. The SMILES string of the molecule is Cc1ccccc1-c1ccnc(-n2c3ccccc3c3ccc(C4(c5cccc(N6ON(C)c7ccccc76)c5)c5ccccc5-c5ccccc54)cc32)c1. The van der Waals surface area contributed by atoms with Crippen molar-refractivity contribution in [3.63, 3.8) is 0 Å². The molecule has 3 heterocycles. The van der Waals surface area contributed by atoms with Crippen molar-refractivity contribution in [2.75, 3.05) is 17.2 Å². The Balaban J connectivity index is 1.19. The van der Waals surface area contributed by atoms with Gasteiger partial charge in [0, 0.05) is 24.0 Å². The Morgan fingerprint density at radius 3 is 1.98 bits per heavy atom. The van der Waals surface area contributed by atoms with Crippen molar-refractivity contribution in [1.82, 2.24) is 9.55 Å². The lowest BCUT2D eigenvalue weighted by molar-refractivity contribution is 0.142. The molecule has 7 aromatic carbocycles. The average molecular weight is 709 g/mol. The number of aryl methyl sites for hydroxylation is 1. The molecule has 2 aromatic heterocycles. The van der Waals surface area contributed by atoms with Gasteiger partial charge in [-0.25, -0.2) is 10.0 Å². The third-order valence-electron chi connectivity index (χ3n) is 11.6. The van der Waals surface area contributed by atoms with Crippen molar-refractivity contribution in [3.05, 3.63) is 210 Å². The maximum atomic E-state index is 6.37. The number of aromatic nitrogens is 2. The Morgan fingerprint density at radius 2 is 1.18 bits per heavy atom. The minimum atomic E-state index is -0.625. The molecule has 0 bridgehead atoms. The van der Waals surface area contributed by atoms with E-state index in [-0.39, 0.29) is 0 Å². The van der Waals surface area contributed by atoms with Crippen LogP contribution < -0.4 is 10.1 Å². The molecule has 5 heteroatoms. The first-order valence-electron chi connectivity index (χ1n) is 18.8. The average Bonchev–Trinajstić information content (AvgIpc) is 3.87. The van der Waals surface area contributed by atoms with Gasteiger partial charge in [-0.15, -0.1) is 4.94 Å². The number of nitrogens with zero attached hydrogens (tertiary/aromatic N) is 4. The molecule has 0 radical (unpaired) electrons. The number of hydroxylamine groups is 1.